The third-order valence-corrected chi connectivity index (χ3v) is 3.13. The molecule has 1 aromatic carbocycles. The van der Waals surface area contributed by atoms with Crippen LogP contribution in [-0.4, -0.2) is 25.7 Å². The minimum Gasteiger partial charge on any atom is -0.506 e. The molecule has 9 heteroatoms. The number of non-ortho nitro benzene ring substituents is 1. The van der Waals surface area contributed by atoms with E-state index < -0.39 is 10.8 Å². The summed E-state index contributed by atoms with van der Waals surface area (Å²) < 4.78 is 1.86. The predicted molar refractivity (Wildman–Crippen MR) is 73.6 cm³/mol. The number of carbonyl (C=O) groups excluding carboxylic acids is 1. The summed E-state index contributed by atoms with van der Waals surface area (Å²) in [7, 11) is 1.59. The second kappa shape index (κ2) is 5.29. The molecule has 104 valence electrons. The van der Waals surface area contributed by atoms with E-state index in [-0.39, 0.29) is 22.8 Å². The molecule has 8 nitrogen and oxygen atoms in total. The van der Waals surface area contributed by atoms with Crippen molar-refractivity contribution < 1.29 is 14.8 Å². The Morgan fingerprint density at radius 2 is 2.25 bits per heavy atom. The van der Waals surface area contributed by atoms with E-state index in [1.54, 1.807) is 7.05 Å². The molecule has 0 fully saturated rings. The van der Waals surface area contributed by atoms with Crippen LogP contribution in [0.1, 0.15) is 10.5 Å². The fourth-order valence-corrected chi connectivity index (χ4v) is 2.12. The molecule has 0 aliphatic rings. The number of aryl methyl sites for hydroxylation is 1. The number of nitrogens with zero attached hydrogens (tertiary/aromatic N) is 3. The van der Waals surface area contributed by atoms with E-state index in [9.17, 15) is 20.0 Å². The number of nitro benzene ring substituents is 1. The average Bonchev–Trinajstić information content (AvgIpc) is 2.71. The van der Waals surface area contributed by atoms with Crippen LogP contribution in [0.5, 0.6) is 5.75 Å². The molecule has 0 aliphatic heterocycles. The van der Waals surface area contributed by atoms with Gasteiger partial charge in [-0.25, -0.2) is 0 Å². The lowest BCUT2D eigenvalue weighted by Gasteiger charge is -2.07. The summed E-state index contributed by atoms with van der Waals surface area (Å²) in [6, 6.07) is 3.41. The van der Waals surface area contributed by atoms with Gasteiger partial charge in [-0.2, -0.15) is 5.10 Å². The van der Waals surface area contributed by atoms with Crippen molar-refractivity contribution in [2.75, 3.05) is 5.32 Å². The van der Waals surface area contributed by atoms with Gasteiger partial charge in [0.25, 0.3) is 11.6 Å². The maximum absolute atomic E-state index is 12.0. The number of aromatic nitrogens is 2. The summed E-state index contributed by atoms with van der Waals surface area (Å²) in [5.41, 5.74) is 0.0821. The number of anilines is 1. The van der Waals surface area contributed by atoms with E-state index >= 15 is 0 Å². The first-order valence-corrected chi connectivity index (χ1v) is 6.15. The maximum Gasteiger partial charge on any atom is 0.275 e. The highest BCUT2D eigenvalue weighted by Crippen LogP contribution is 2.28. The molecular weight excluding hydrogens is 332 g/mol. The van der Waals surface area contributed by atoms with Gasteiger partial charge in [-0.15, -0.1) is 0 Å². The highest BCUT2D eigenvalue weighted by Gasteiger charge is 2.18. The first kappa shape index (κ1) is 14.0. The van der Waals surface area contributed by atoms with Crippen LogP contribution in [0.15, 0.2) is 28.9 Å². The van der Waals surface area contributed by atoms with E-state index in [2.05, 4.69) is 26.3 Å². The van der Waals surface area contributed by atoms with Gasteiger partial charge in [0.05, 0.1) is 27.3 Å². The molecule has 0 radical (unpaired) electrons. The van der Waals surface area contributed by atoms with Crippen molar-refractivity contribution in [3.05, 3.63) is 44.7 Å². The standard InChI is InChI=1S/C11H9BrN4O4/c1-15-10(7(12)5-13-15)11(18)14-8-3-2-6(16(19)20)4-9(8)17/h2-5,17H,1H3,(H,14,18). The Kier molecular flexibility index (Phi) is 3.70. The molecule has 0 bridgehead atoms. The number of carbonyl (C=O) groups is 1. The van der Waals surface area contributed by atoms with Gasteiger partial charge in [0.1, 0.15) is 11.4 Å². The first-order valence-electron chi connectivity index (χ1n) is 5.36. The minimum absolute atomic E-state index is 0.0775. The molecule has 0 unspecified atom stereocenters. The Bertz CT molecular complexity index is 678. The van der Waals surface area contributed by atoms with Crippen LogP contribution in [-0.2, 0) is 7.05 Å². The normalized spacial score (nSPS) is 10.3. The van der Waals surface area contributed by atoms with Gasteiger partial charge in [-0.3, -0.25) is 19.6 Å². The molecule has 1 aromatic heterocycles. The van der Waals surface area contributed by atoms with Crippen molar-refractivity contribution in [1.29, 1.82) is 0 Å². The number of phenols is 1. The number of nitro groups is 1. The summed E-state index contributed by atoms with van der Waals surface area (Å²) in [5.74, 6) is -0.883. The number of hydrogen-bond donors (Lipinski definition) is 2. The summed E-state index contributed by atoms with van der Waals surface area (Å²) in [6.45, 7) is 0. The average molecular weight is 341 g/mol. The maximum atomic E-state index is 12.0. The third kappa shape index (κ3) is 2.62. The Balaban J connectivity index is 2.27. The number of aromatic hydroxyl groups is 1. The van der Waals surface area contributed by atoms with Gasteiger partial charge >= 0.3 is 0 Å². The molecule has 2 N–H and O–H groups in total. The quantitative estimate of drug-likeness (QED) is 0.504. The van der Waals surface area contributed by atoms with Gasteiger partial charge in [0, 0.05) is 13.1 Å². The van der Waals surface area contributed by atoms with Crippen LogP contribution < -0.4 is 5.32 Å². The number of rotatable bonds is 3. The molecule has 0 saturated heterocycles. The van der Waals surface area contributed by atoms with Gasteiger partial charge < -0.3 is 10.4 Å². The zero-order valence-corrected chi connectivity index (χ0v) is 11.8. The topological polar surface area (TPSA) is 110 Å². The molecule has 1 heterocycles. The van der Waals surface area contributed by atoms with Crippen molar-refractivity contribution in [3.8, 4) is 5.75 Å². The van der Waals surface area contributed by atoms with Crippen LogP contribution in [0.3, 0.4) is 0 Å². The molecule has 1 amide bonds. The van der Waals surface area contributed by atoms with Crippen LogP contribution in [0, 0.1) is 10.1 Å². The van der Waals surface area contributed by atoms with Crippen LogP contribution in [0.4, 0.5) is 11.4 Å². The summed E-state index contributed by atoms with van der Waals surface area (Å²) in [5, 5.41) is 26.6. The molecule has 0 saturated carbocycles. The molecule has 0 atom stereocenters. The van der Waals surface area contributed by atoms with Crippen LogP contribution >= 0.6 is 15.9 Å². The zero-order chi connectivity index (χ0) is 14.9. The van der Waals surface area contributed by atoms with Crippen LogP contribution in [0.2, 0.25) is 0 Å². The van der Waals surface area contributed by atoms with Crippen molar-refractivity contribution >= 4 is 33.2 Å². The fraction of sp³-hybridized carbons (Fsp3) is 0.0909. The summed E-state index contributed by atoms with van der Waals surface area (Å²) in [6.07, 6.45) is 1.46. The smallest absolute Gasteiger partial charge is 0.275 e. The first-order chi connectivity index (χ1) is 9.40. The van der Waals surface area contributed by atoms with E-state index in [0.717, 1.165) is 6.07 Å². The van der Waals surface area contributed by atoms with Crippen molar-refractivity contribution in [2.45, 2.75) is 0 Å². The molecule has 20 heavy (non-hydrogen) atoms. The number of nitrogens with one attached hydrogen (secondary N) is 1. The van der Waals surface area contributed by atoms with Crippen molar-refractivity contribution in [1.82, 2.24) is 9.78 Å². The fourth-order valence-electron chi connectivity index (χ4n) is 1.59. The number of phenolic OH excluding ortho intramolecular Hbond substituents is 1. The van der Waals surface area contributed by atoms with Crippen molar-refractivity contribution in [2.24, 2.45) is 7.05 Å². The number of halogens is 1. The Labute approximate surface area is 121 Å². The highest BCUT2D eigenvalue weighted by molar-refractivity contribution is 9.10. The molecule has 2 rings (SSSR count). The number of amides is 1. The largest absolute Gasteiger partial charge is 0.506 e. The Morgan fingerprint density at radius 3 is 2.75 bits per heavy atom. The predicted octanol–water partition coefficient (Wildman–Crippen LogP) is 2.05. The van der Waals surface area contributed by atoms with Gasteiger partial charge in [-0.05, 0) is 22.0 Å². The zero-order valence-electron chi connectivity index (χ0n) is 10.2. The number of hydrogen-bond acceptors (Lipinski definition) is 5. The lowest BCUT2D eigenvalue weighted by atomic mass is 10.2. The Morgan fingerprint density at radius 1 is 1.55 bits per heavy atom. The second-order valence-electron chi connectivity index (χ2n) is 3.88. The second-order valence-corrected chi connectivity index (χ2v) is 4.73. The van der Waals surface area contributed by atoms with Gasteiger partial charge in [0.15, 0.2) is 0 Å². The monoisotopic (exact) mass is 340 g/mol. The third-order valence-electron chi connectivity index (χ3n) is 2.55. The van der Waals surface area contributed by atoms with E-state index in [1.807, 2.05) is 0 Å². The minimum atomic E-state index is -0.636. The summed E-state index contributed by atoms with van der Waals surface area (Å²) in [4.78, 5) is 22.0. The number of benzene rings is 1. The SMILES string of the molecule is Cn1ncc(Br)c1C(=O)Nc1ccc([N+](=O)[O-])cc1O. The van der Waals surface area contributed by atoms with Crippen LogP contribution in [0.25, 0.3) is 0 Å². The van der Waals surface area contributed by atoms with Gasteiger partial charge in [0.2, 0.25) is 0 Å². The van der Waals surface area contributed by atoms with E-state index in [4.69, 9.17) is 0 Å². The Hall–Kier alpha value is -2.42. The lowest BCUT2D eigenvalue weighted by Crippen LogP contribution is -2.16. The molecule has 0 aliphatic carbocycles. The van der Waals surface area contributed by atoms with Crippen molar-refractivity contribution in [3.63, 3.8) is 0 Å². The van der Waals surface area contributed by atoms with E-state index in [0.29, 0.717) is 4.47 Å². The molecule has 2 aromatic rings. The summed E-state index contributed by atoms with van der Waals surface area (Å²) >= 11 is 3.18. The van der Waals surface area contributed by atoms with E-state index in [1.165, 1.54) is 23.0 Å². The molecular formula is C11H9BrN4O4. The lowest BCUT2D eigenvalue weighted by molar-refractivity contribution is -0.384. The highest BCUT2D eigenvalue weighted by atomic mass is 79.9. The molecule has 0 spiro atoms. The van der Waals surface area contributed by atoms with Gasteiger partial charge in [-0.1, -0.05) is 0 Å².